The van der Waals surface area contributed by atoms with E-state index in [2.05, 4.69) is 10.3 Å². The summed E-state index contributed by atoms with van der Waals surface area (Å²) < 4.78 is 33.0. The second kappa shape index (κ2) is 10.3. The van der Waals surface area contributed by atoms with Crippen LogP contribution in [0.3, 0.4) is 0 Å². The number of nitrogens with one attached hydrogen (secondary N) is 1. The first-order valence-corrected chi connectivity index (χ1v) is 13.9. The fourth-order valence-electron chi connectivity index (χ4n) is 4.32. The molecule has 1 amide bonds. The number of sulfonamides is 1. The van der Waals surface area contributed by atoms with Crippen molar-refractivity contribution in [2.24, 2.45) is 0 Å². The summed E-state index contributed by atoms with van der Waals surface area (Å²) in [7, 11) is -2.11. The van der Waals surface area contributed by atoms with E-state index < -0.39 is 16.0 Å². The zero-order valence-corrected chi connectivity index (χ0v) is 21.5. The SMILES string of the molecule is CNC(=O)c1c(-c2ccc(C)cc2)oc2nc(N(CCCCCC(=O)O)S(C)(=O)=O)c(C3CC3)cc12. The number of carbonyl (C=O) groups is 2. The van der Waals surface area contributed by atoms with E-state index in [1.807, 2.05) is 37.3 Å². The van der Waals surface area contributed by atoms with Gasteiger partial charge in [-0.2, -0.15) is 4.98 Å². The van der Waals surface area contributed by atoms with Crippen molar-refractivity contribution in [2.75, 3.05) is 24.2 Å². The number of carbonyl (C=O) groups excluding carboxylic acids is 1. The van der Waals surface area contributed by atoms with E-state index in [4.69, 9.17) is 9.52 Å². The zero-order chi connectivity index (χ0) is 26.0. The van der Waals surface area contributed by atoms with E-state index >= 15 is 0 Å². The lowest BCUT2D eigenvalue weighted by atomic mass is 10.0. The lowest BCUT2D eigenvalue weighted by Gasteiger charge is -2.23. The molecule has 1 aromatic carbocycles. The lowest BCUT2D eigenvalue weighted by Crippen LogP contribution is -2.32. The summed E-state index contributed by atoms with van der Waals surface area (Å²) in [4.78, 5) is 28.4. The van der Waals surface area contributed by atoms with Gasteiger partial charge in [0.25, 0.3) is 5.91 Å². The number of hydrogen-bond donors (Lipinski definition) is 2. The molecule has 0 atom stereocenters. The molecule has 10 heteroatoms. The molecule has 2 heterocycles. The smallest absolute Gasteiger partial charge is 0.303 e. The highest BCUT2D eigenvalue weighted by Crippen LogP contribution is 2.46. The molecule has 36 heavy (non-hydrogen) atoms. The second-order valence-corrected chi connectivity index (χ2v) is 11.2. The average Bonchev–Trinajstić information content (AvgIpc) is 3.60. The van der Waals surface area contributed by atoms with Crippen LogP contribution in [0, 0.1) is 6.92 Å². The normalized spacial score (nSPS) is 13.6. The highest BCUT2D eigenvalue weighted by atomic mass is 32.2. The Morgan fingerprint density at radius 1 is 1.17 bits per heavy atom. The maximum atomic E-state index is 12.9. The van der Waals surface area contributed by atoms with Gasteiger partial charge in [0, 0.05) is 25.6 Å². The first-order valence-electron chi connectivity index (χ1n) is 12.1. The summed E-state index contributed by atoms with van der Waals surface area (Å²) in [5.74, 6) is -0.316. The van der Waals surface area contributed by atoms with Gasteiger partial charge in [-0.3, -0.25) is 13.9 Å². The summed E-state index contributed by atoms with van der Waals surface area (Å²) in [6.07, 6.45) is 4.57. The summed E-state index contributed by atoms with van der Waals surface area (Å²) in [5, 5.41) is 12.1. The van der Waals surface area contributed by atoms with E-state index in [0.29, 0.717) is 41.8 Å². The first-order chi connectivity index (χ1) is 17.1. The number of aryl methyl sites for hydroxylation is 1. The second-order valence-electron chi connectivity index (χ2n) is 9.32. The lowest BCUT2D eigenvalue weighted by molar-refractivity contribution is -0.137. The van der Waals surface area contributed by atoms with Crippen molar-refractivity contribution in [1.82, 2.24) is 10.3 Å². The van der Waals surface area contributed by atoms with Crippen molar-refractivity contribution < 1.29 is 27.5 Å². The standard InChI is InChI=1S/C26H31N3O6S/c1-16-8-10-18(11-9-16)23-22(25(32)27-2)20-15-19(17-12-13-17)24(28-26(20)35-23)29(36(3,33)34)14-6-4-5-7-21(30)31/h8-11,15,17H,4-7,12-14H2,1-3H3,(H,27,32)(H,30,31). The molecule has 1 saturated carbocycles. The number of amides is 1. The van der Waals surface area contributed by atoms with E-state index in [9.17, 15) is 18.0 Å². The van der Waals surface area contributed by atoms with Crippen LogP contribution in [0.25, 0.3) is 22.4 Å². The molecule has 0 bridgehead atoms. The topological polar surface area (TPSA) is 130 Å². The van der Waals surface area contributed by atoms with Gasteiger partial charge in [-0.1, -0.05) is 36.2 Å². The van der Waals surface area contributed by atoms with Crippen molar-refractivity contribution >= 4 is 38.8 Å². The predicted octanol–water partition coefficient (Wildman–Crippen LogP) is 4.45. The maximum absolute atomic E-state index is 12.9. The largest absolute Gasteiger partial charge is 0.481 e. The van der Waals surface area contributed by atoms with Gasteiger partial charge in [-0.25, -0.2) is 8.42 Å². The van der Waals surface area contributed by atoms with E-state index in [1.54, 1.807) is 7.05 Å². The highest BCUT2D eigenvalue weighted by molar-refractivity contribution is 7.92. The molecule has 0 unspecified atom stereocenters. The highest BCUT2D eigenvalue weighted by Gasteiger charge is 2.34. The minimum absolute atomic E-state index is 0.0485. The van der Waals surface area contributed by atoms with Crippen LogP contribution in [0.15, 0.2) is 34.7 Å². The fourth-order valence-corrected chi connectivity index (χ4v) is 5.24. The van der Waals surface area contributed by atoms with Crippen molar-refractivity contribution in [3.05, 3.63) is 47.0 Å². The van der Waals surface area contributed by atoms with Crippen LogP contribution in [0.5, 0.6) is 0 Å². The van der Waals surface area contributed by atoms with Gasteiger partial charge in [0.15, 0.2) is 0 Å². The number of rotatable bonds is 11. The third kappa shape index (κ3) is 5.53. The summed E-state index contributed by atoms with van der Waals surface area (Å²) in [6, 6.07) is 9.47. The van der Waals surface area contributed by atoms with Crippen LogP contribution in [-0.2, 0) is 14.8 Å². The molecule has 0 spiro atoms. The van der Waals surface area contributed by atoms with E-state index in [1.165, 1.54) is 4.31 Å². The van der Waals surface area contributed by atoms with Gasteiger partial charge in [0.05, 0.1) is 17.2 Å². The van der Waals surface area contributed by atoms with Gasteiger partial charge in [0.2, 0.25) is 15.7 Å². The molecule has 4 rings (SSSR count). The number of aromatic nitrogens is 1. The van der Waals surface area contributed by atoms with Gasteiger partial charge >= 0.3 is 5.97 Å². The molecule has 0 radical (unpaired) electrons. The van der Waals surface area contributed by atoms with Crippen molar-refractivity contribution in [3.63, 3.8) is 0 Å². The third-order valence-electron chi connectivity index (χ3n) is 6.36. The average molecular weight is 514 g/mol. The molecular weight excluding hydrogens is 482 g/mol. The molecule has 1 aliphatic rings. The monoisotopic (exact) mass is 513 g/mol. The summed E-state index contributed by atoms with van der Waals surface area (Å²) >= 11 is 0. The minimum Gasteiger partial charge on any atom is -0.481 e. The molecule has 1 fully saturated rings. The van der Waals surface area contributed by atoms with Gasteiger partial charge in [-0.05, 0) is 50.2 Å². The number of aliphatic carboxylic acids is 1. The third-order valence-corrected chi connectivity index (χ3v) is 7.52. The Hall–Kier alpha value is -3.40. The van der Waals surface area contributed by atoms with E-state index in [-0.39, 0.29) is 30.5 Å². The number of fused-ring (bicyclic) bond motifs is 1. The van der Waals surface area contributed by atoms with Crippen LogP contribution in [0.1, 0.15) is 65.9 Å². The van der Waals surface area contributed by atoms with Gasteiger partial charge in [-0.15, -0.1) is 0 Å². The molecule has 2 N–H and O–H groups in total. The number of benzene rings is 1. The Balaban J connectivity index is 1.81. The number of pyridine rings is 1. The first kappa shape index (κ1) is 25.7. The Morgan fingerprint density at radius 3 is 2.44 bits per heavy atom. The molecule has 2 aromatic heterocycles. The number of nitrogens with zero attached hydrogens (tertiary/aromatic N) is 2. The quantitative estimate of drug-likeness (QED) is 0.362. The molecule has 0 aliphatic heterocycles. The Bertz CT molecular complexity index is 1390. The number of carboxylic acid groups (broad SMARTS) is 1. The Morgan fingerprint density at radius 2 is 1.86 bits per heavy atom. The van der Waals surface area contributed by atoms with Crippen molar-refractivity contribution in [3.8, 4) is 11.3 Å². The summed E-state index contributed by atoms with van der Waals surface area (Å²) in [5.41, 5.74) is 3.14. The molecule has 0 saturated heterocycles. The predicted molar refractivity (Wildman–Crippen MR) is 138 cm³/mol. The molecule has 9 nitrogen and oxygen atoms in total. The minimum atomic E-state index is -3.67. The number of anilines is 1. The maximum Gasteiger partial charge on any atom is 0.303 e. The van der Waals surface area contributed by atoms with Gasteiger partial charge < -0.3 is 14.8 Å². The van der Waals surface area contributed by atoms with Crippen LogP contribution < -0.4 is 9.62 Å². The number of unbranched alkanes of at least 4 members (excludes halogenated alkanes) is 2. The van der Waals surface area contributed by atoms with E-state index in [0.717, 1.165) is 35.8 Å². The summed E-state index contributed by atoms with van der Waals surface area (Å²) in [6.45, 7) is 2.16. The fraction of sp³-hybridized carbons (Fsp3) is 0.423. The van der Waals surface area contributed by atoms with Crippen molar-refractivity contribution in [1.29, 1.82) is 0 Å². The van der Waals surface area contributed by atoms with Crippen LogP contribution in [-0.4, -0.2) is 50.2 Å². The molecule has 192 valence electrons. The molecule has 3 aromatic rings. The molecule has 1 aliphatic carbocycles. The zero-order valence-electron chi connectivity index (χ0n) is 20.7. The molecular formula is C26H31N3O6S. The van der Waals surface area contributed by atoms with Crippen LogP contribution in [0.4, 0.5) is 5.82 Å². The number of furan rings is 1. The Kier molecular flexibility index (Phi) is 7.35. The van der Waals surface area contributed by atoms with Crippen LogP contribution >= 0.6 is 0 Å². The Labute approximate surface area is 210 Å². The van der Waals surface area contributed by atoms with Gasteiger partial charge in [0.1, 0.15) is 11.6 Å². The van der Waals surface area contributed by atoms with Crippen molar-refractivity contribution in [2.45, 2.75) is 51.4 Å². The van der Waals surface area contributed by atoms with Crippen LogP contribution in [0.2, 0.25) is 0 Å². The number of hydrogen-bond acceptors (Lipinski definition) is 6. The number of carboxylic acids is 1.